The Morgan fingerprint density at radius 3 is 2.23 bits per heavy atom. The van der Waals surface area contributed by atoms with Crippen molar-refractivity contribution in [3.05, 3.63) is 63.1 Å². The number of hydrogen-bond acceptors (Lipinski definition) is 3. The summed E-state index contributed by atoms with van der Waals surface area (Å²) in [5.41, 5.74) is 2.63. The second-order valence-electron chi connectivity index (χ2n) is 7.55. The van der Waals surface area contributed by atoms with Crippen LogP contribution >= 0.6 is 23.2 Å². The standard InChI is InChI=1S/C23H28Cl2N2O3/c1-14(2)26-23(29)17(5)27(12-18-19(24)9-7-10-20(18)25)22(28)13-30-21-11-6-8-15(3)16(21)4/h6-11,14,17H,12-13H2,1-5H3,(H,26,29)/t17-/m0/s1. The summed E-state index contributed by atoms with van der Waals surface area (Å²) in [6.45, 7) is 9.23. The number of nitrogens with zero attached hydrogens (tertiary/aromatic N) is 1. The van der Waals surface area contributed by atoms with Crippen LogP contribution in [0.25, 0.3) is 0 Å². The fraction of sp³-hybridized carbons (Fsp3) is 0.391. The molecule has 0 spiro atoms. The molecule has 2 amide bonds. The van der Waals surface area contributed by atoms with Crippen LogP contribution in [-0.4, -0.2) is 35.4 Å². The first-order valence-corrected chi connectivity index (χ1v) is 10.6. The maximum Gasteiger partial charge on any atom is 0.261 e. The van der Waals surface area contributed by atoms with Crippen LogP contribution in [0, 0.1) is 13.8 Å². The van der Waals surface area contributed by atoms with E-state index in [1.807, 2.05) is 45.9 Å². The first-order chi connectivity index (χ1) is 14.1. The van der Waals surface area contributed by atoms with Gasteiger partial charge in [0.15, 0.2) is 6.61 Å². The molecule has 2 aromatic rings. The van der Waals surface area contributed by atoms with Crippen LogP contribution in [0.15, 0.2) is 36.4 Å². The lowest BCUT2D eigenvalue weighted by molar-refractivity contribution is -0.142. The van der Waals surface area contributed by atoms with Gasteiger partial charge in [0.1, 0.15) is 11.8 Å². The quantitative estimate of drug-likeness (QED) is 0.619. The van der Waals surface area contributed by atoms with Crippen molar-refractivity contribution < 1.29 is 14.3 Å². The summed E-state index contributed by atoms with van der Waals surface area (Å²) >= 11 is 12.6. The fourth-order valence-electron chi connectivity index (χ4n) is 2.94. The highest BCUT2D eigenvalue weighted by molar-refractivity contribution is 6.36. The number of ether oxygens (including phenoxy) is 1. The molecule has 0 radical (unpaired) electrons. The molecule has 0 aliphatic carbocycles. The minimum atomic E-state index is -0.727. The highest BCUT2D eigenvalue weighted by Crippen LogP contribution is 2.27. The molecule has 162 valence electrons. The molecule has 0 fully saturated rings. The second-order valence-corrected chi connectivity index (χ2v) is 8.36. The van der Waals surface area contributed by atoms with Crippen LogP contribution in [0.5, 0.6) is 5.75 Å². The van der Waals surface area contributed by atoms with Gasteiger partial charge < -0.3 is 15.0 Å². The molecule has 1 atom stereocenters. The monoisotopic (exact) mass is 450 g/mol. The molecule has 1 N–H and O–H groups in total. The van der Waals surface area contributed by atoms with E-state index in [0.717, 1.165) is 11.1 Å². The Labute approximate surface area is 188 Å². The minimum Gasteiger partial charge on any atom is -0.483 e. The molecule has 2 aromatic carbocycles. The van der Waals surface area contributed by atoms with Crippen molar-refractivity contribution >= 4 is 35.0 Å². The van der Waals surface area contributed by atoms with Crippen molar-refractivity contribution in [2.45, 2.75) is 53.2 Å². The molecule has 0 heterocycles. The normalized spacial score (nSPS) is 11.9. The fourth-order valence-corrected chi connectivity index (χ4v) is 3.46. The lowest BCUT2D eigenvalue weighted by Crippen LogP contribution is -2.50. The number of aryl methyl sites for hydroxylation is 1. The Morgan fingerprint density at radius 1 is 1.03 bits per heavy atom. The van der Waals surface area contributed by atoms with E-state index in [2.05, 4.69) is 5.32 Å². The summed E-state index contributed by atoms with van der Waals surface area (Å²) in [6.07, 6.45) is 0. The minimum absolute atomic E-state index is 0.0491. The second kappa shape index (κ2) is 10.7. The van der Waals surface area contributed by atoms with Gasteiger partial charge in [0.05, 0.1) is 0 Å². The number of hydrogen-bond donors (Lipinski definition) is 1. The van der Waals surface area contributed by atoms with E-state index in [1.165, 1.54) is 4.90 Å². The van der Waals surface area contributed by atoms with E-state index in [0.29, 0.717) is 21.4 Å². The summed E-state index contributed by atoms with van der Waals surface area (Å²) in [5, 5.41) is 3.72. The van der Waals surface area contributed by atoms with E-state index in [1.54, 1.807) is 25.1 Å². The molecule has 2 rings (SSSR count). The topological polar surface area (TPSA) is 58.6 Å². The predicted molar refractivity (Wildman–Crippen MR) is 121 cm³/mol. The number of amides is 2. The molecule has 0 aliphatic rings. The van der Waals surface area contributed by atoms with Crippen molar-refractivity contribution in [3.8, 4) is 5.75 Å². The van der Waals surface area contributed by atoms with Crippen molar-refractivity contribution in [3.63, 3.8) is 0 Å². The average molecular weight is 451 g/mol. The maximum absolute atomic E-state index is 13.1. The van der Waals surface area contributed by atoms with Gasteiger partial charge in [-0.1, -0.05) is 41.4 Å². The summed E-state index contributed by atoms with van der Waals surface area (Å²) in [7, 11) is 0. The van der Waals surface area contributed by atoms with E-state index in [-0.39, 0.29) is 31.0 Å². The van der Waals surface area contributed by atoms with Crippen LogP contribution in [0.4, 0.5) is 0 Å². The number of rotatable bonds is 8. The number of nitrogens with one attached hydrogen (secondary N) is 1. The van der Waals surface area contributed by atoms with Gasteiger partial charge in [-0.2, -0.15) is 0 Å². The Hall–Kier alpha value is -2.24. The van der Waals surface area contributed by atoms with Crippen LogP contribution in [0.1, 0.15) is 37.5 Å². The highest BCUT2D eigenvalue weighted by Gasteiger charge is 2.28. The van der Waals surface area contributed by atoms with E-state index >= 15 is 0 Å². The van der Waals surface area contributed by atoms with Crippen LogP contribution < -0.4 is 10.1 Å². The van der Waals surface area contributed by atoms with Crippen LogP contribution in [-0.2, 0) is 16.1 Å². The molecular formula is C23H28Cl2N2O3. The molecule has 0 aliphatic heterocycles. The Bertz CT molecular complexity index is 895. The third-order valence-electron chi connectivity index (χ3n) is 4.89. The van der Waals surface area contributed by atoms with Gasteiger partial charge in [-0.25, -0.2) is 0 Å². The van der Waals surface area contributed by atoms with Crippen molar-refractivity contribution in [2.24, 2.45) is 0 Å². The summed E-state index contributed by atoms with van der Waals surface area (Å²) in [4.78, 5) is 27.2. The molecule has 0 unspecified atom stereocenters. The molecular weight excluding hydrogens is 423 g/mol. The molecule has 0 aromatic heterocycles. The molecule has 7 heteroatoms. The Kier molecular flexibility index (Phi) is 8.56. The van der Waals surface area contributed by atoms with Gasteiger partial charge in [0.2, 0.25) is 5.91 Å². The van der Waals surface area contributed by atoms with Gasteiger partial charge in [-0.3, -0.25) is 9.59 Å². The maximum atomic E-state index is 13.1. The summed E-state index contributed by atoms with van der Waals surface area (Å²) in [5.74, 6) is 0.0462. The SMILES string of the molecule is Cc1cccc(OCC(=O)N(Cc2c(Cl)cccc2Cl)[C@@H](C)C(=O)NC(C)C)c1C. The Morgan fingerprint density at radius 2 is 1.63 bits per heavy atom. The highest BCUT2D eigenvalue weighted by atomic mass is 35.5. The molecule has 0 saturated heterocycles. The van der Waals surface area contributed by atoms with Crippen molar-refractivity contribution in [1.29, 1.82) is 0 Å². The van der Waals surface area contributed by atoms with E-state index in [9.17, 15) is 9.59 Å². The first-order valence-electron chi connectivity index (χ1n) is 9.83. The van der Waals surface area contributed by atoms with Crippen LogP contribution in [0.2, 0.25) is 10.0 Å². The van der Waals surface area contributed by atoms with Gasteiger partial charge in [0, 0.05) is 28.2 Å². The smallest absolute Gasteiger partial charge is 0.261 e. The third kappa shape index (κ3) is 6.13. The molecule has 0 bridgehead atoms. The van der Waals surface area contributed by atoms with Gasteiger partial charge in [0.25, 0.3) is 5.91 Å². The average Bonchev–Trinajstić information content (AvgIpc) is 2.67. The van der Waals surface area contributed by atoms with E-state index in [4.69, 9.17) is 27.9 Å². The van der Waals surface area contributed by atoms with Crippen molar-refractivity contribution in [1.82, 2.24) is 10.2 Å². The summed E-state index contributed by atoms with van der Waals surface area (Å²) < 4.78 is 5.78. The summed E-state index contributed by atoms with van der Waals surface area (Å²) in [6, 6.07) is 10.0. The number of benzene rings is 2. The zero-order chi connectivity index (χ0) is 22.4. The van der Waals surface area contributed by atoms with Crippen LogP contribution in [0.3, 0.4) is 0 Å². The lowest BCUT2D eigenvalue weighted by atomic mass is 10.1. The number of carbonyl (C=O) groups is 2. The first kappa shape index (κ1) is 24.0. The Balaban J connectivity index is 2.26. The van der Waals surface area contributed by atoms with Gasteiger partial charge in [-0.05, 0) is 63.9 Å². The van der Waals surface area contributed by atoms with Crippen molar-refractivity contribution in [2.75, 3.05) is 6.61 Å². The number of carbonyl (C=O) groups excluding carboxylic acids is 2. The lowest BCUT2D eigenvalue weighted by Gasteiger charge is -2.30. The van der Waals surface area contributed by atoms with Gasteiger partial charge >= 0.3 is 0 Å². The molecule has 0 saturated carbocycles. The predicted octanol–water partition coefficient (Wildman–Crippen LogP) is 4.93. The molecule has 5 nitrogen and oxygen atoms in total. The largest absolute Gasteiger partial charge is 0.483 e. The zero-order valence-corrected chi connectivity index (χ0v) is 19.5. The number of halogens is 2. The zero-order valence-electron chi connectivity index (χ0n) is 18.0. The van der Waals surface area contributed by atoms with Gasteiger partial charge in [-0.15, -0.1) is 0 Å². The van der Waals surface area contributed by atoms with E-state index < -0.39 is 6.04 Å². The molecule has 30 heavy (non-hydrogen) atoms. The third-order valence-corrected chi connectivity index (χ3v) is 5.60.